The molecule has 3 fully saturated rings. The van der Waals surface area contributed by atoms with E-state index in [1.165, 1.54) is 6.07 Å². The summed E-state index contributed by atoms with van der Waals surface area (Å²) in [7, 11) is 0. The van der Waals surface area contributed by atoms with Gasteiger partial charge < -0.3 is 10.1 Å². The molecule has 3 nitrogen and oxygen atoms in total. The maximum atomic E-state index is 14.4. The summed E-state index contributed by atoms with van der Waals surface area (Å²) in [6.07, 6.45) is 3.44. The molecule has 0 radical (unpaired) electrons. The Morgan fingerprint density at radius 2 is 2.12 bits per heavy atom. The molecular formula is C21H28FNO2. The van der Waals surface area contributed by atoms with Crippen LogP contribution in [0.2, 0.25) is 0 Å². The number of halogens is 1. The molecule has 1 heterocycles. The first-order chi connectivity index (χ1) is 11.9. The summed E-state index contributed by atoms with van der Waals surface area (Å²) < 4.78 is 20.5. The Kier molecular flexibility index (Phi) is 3.95. The zero-order valence-corrected chi connectivity index (χ0v) is 15.3. The fraction of sp³-hybridized carbons (Fsp3) is 0.667. The van der Waals surface area contributed by atoms with E-state index < -0.39 is 0 Å². The maximum absolute atomic E-state index is 14.4. The molecule has 2 aliphatic carbocycles. The van der Waals surface area contributed by atoms with E-state index in [-0.39, 0.29) is 40.6 Å². The number of hydrogen-bond donors (Lipinski definition) is 1. The van der Waals surface area contributed by atoms with Crippen molar-refractivity contribution < 1.29 is 13.9 Å². The Bertz CT molecular complexity index is 688. The number of carbonyl (C=O) groups excluding carboxylic acids is 1. The van der Waals surface area contributed by atoms with Gasteiger partial charge in [-0.05, 0) is 48.0 Å². The van der Waals surface area contributed by atoms with Crippen molar-refractivity contribution in [2.75, 3.05) is 6.61 Å². The lowest BCUT2D eigenvalue weighted by molar-refractivity contribution is -0.137. The zero-order chi connectivity index (χ0) is 17.8. The average molecular weight is 345 g/mol. The second-order valence-electron chi connectivity index (χ2n) is 8.71. The van der Waals surface area contributed by atoms with Crippen LogP contribution in [-0.4, -0.2) is 18.6 Å². The number of rotatable bonds is 3. The average Bonchev–Trinajstić information content (AvgIpc) is 3.08. The minimum absolute atomic E-state index is 0.0319. The fourth-order valence-electron chi connectivity index (χ4n) is 6.06. The minimum atomic E-state index is -0.197. The molecule has 1 spiro atoms. The van der Waals surface area contributed by atoms with Crippen molar-refractivity contribution in [1.29, 1.82) is 0 Å². The molecule has 2 saturated carbocycles. The van der Waals surface area contributed by atoms with Crippen molar-refractivity contribution in [2.45, 2.75) is 58.6 Å². The van der Waals surface area contributed by atoms with Gasteiger partial charge in [0.2, 0.25) is 5.91 Å². The molecular weight excluding hydrogens is 317 g/mol. The number of carbonyl (C=O) groups is 1. The first-order valence-corrected chi connectivity index (χ1v) is 9.55. The maximum Gasteiger partial charge on any atom is 0.219 e. The van der Waals surface area contributed by atoms with Crippen LogP contribution in [0.4, 0.5) is 4.39 Å². The van der Waals surface area contributed by atoms with Gasteiger partial charge in [0, 0.05) is 24.6 Å². The zero-order valence-electron chi connectivity index (χ0n) is 15.3. The quantitative estimate of drug-likeness (QED) is 0.890. The summed E-state index contributed by atoms with van der Waals surface area (Å²) in [5, 5.41) is 3.34. The smallest absolute Gasteiger partial charge is 0.219 e. The molecule has 1 aromatic carbocycles. The lowest BCUT2D eigenvalue weighted by Crippen LogP contribution is -2.58. The minimum Gasteiger partial charge on any atom is -0.373 e. The van der Waals surface area contributed by atoms with Crippen molar-refractivity contribution in [3.05, 3.63) is 35.6 Å². The van der Waals surface area contributed by atoms with Crippen LogP contribution < -0.4 is 5.32 Å². The van der Waals surface area contributed by atoms with Crippen LogP contribution in [0, 0.1) is 28.5 Å². The van der Waals surface area contributed by atoms with E-state index in [9.17, 15) is 9.18 Å². The predicted octanol–water partition coefficient (Wildman–Crippen LogP) is 4.23. The molecule has 1 amide bonds. The van der Waals surface area contributed by atoms with Gasteiger partial charge in [0.15, 0.2) is 0 Å². The first-order valence-electron chi connectivity index (χ1n) is 9.55. The number of fused-ring (bicyclic) bond motifs is 1. The normalized spacial score (nSPS) is 38.4. The molecule has 4 heteroatoms. The molecule has 1 N–H and O–H groups in total. The van der Waals surface area contributed by atoms with Gasteiger partial charge in [0.05, 0.1) is 6.10 Å². The third-order valence-corrected chi connectivity index (χ3v) is 7.34. The topological polar surface area (TPSA) is 38.3 Å². The Labute approximate surface area is 149 Å². The third kappa shape index (κ3) is 2.37. The van der Waals surface area contributed by atoms with Crippen LogP contribution in [-0.2, 0) is 9.53 Å². The van der Waals surface area contributed by atoms with Crippen LogP contribution in [0.5, 0.6) is 0 Å². The van der Waals surface area contributed by atoms with E-state index in [0.717, 1.165) is 19.3 Å². The number of benzene rings is 1. The third-order valence-electron chi connectivity index (χ3n) is 7.34. The van der Waals surface area contributed by atoms with E-state index >= 15 is 0 Å². The second kappa shape index (κ2) is 5.80. The van der Waals surface area contributed by atoms with E-state index in [4.69, 9.17) is 4.74 Å². The highest BCUT2D eigenvalue weighted by atomic mass is 19.1. The largest absolute Gasteiger partial charge is 0.373 e. The van der Waals surface area contributed by atoms with Gasteiger partial charge in [-0.15, -0.1) is 0 Å². The van der Waals surface area contributed by atoms with E-state index in [1.54, 1.807) is 6.07 Å². The molecule has 5 atom stereocenters. The molecule has 1 saturated heterocycles. The molecule has 1 unspecified atom stereocenters. The summed E-state index contributed by atoms with van der Waals surface area (Å²) in [5.41, 5.74) is 0.792. The number of hydrogen-bond acceptors (Lipinski definition) is 2. The van der Waals surface area contributed by atoms with Gasteiger partial charge >= 0.3 is 0 Å². The molecule has 136 valence electrons. The molecule has 2 bridgehead atoms. The number of nitrogens with one attached hydrogen (secondary N) is 1. The van der Waals surface area contributed by atoms with Gasteiger partial charge in [0.25, 0.3) is 0 Å². The molecule has 1 aliphatic heterocycles. The lowest BCUT2D eigenvalue weighted by atomic mass is 9.58. The Morgan fingerprint density at radius 1 is 1.36 bits per heavy atom. The van der Waals surface area contributed by atoms with Gasteiger partial charge in [0.1, 0.15) is 5.82 Å². The standard InChI is InChI=1S/C21H28FNO2/c1-4-17(24)23-19-20(2,3)13-11-15-18(14-7-5-6-8-16(14)22)25-10-9-21(15,19)12-13/h5-8,13,15,18-19H,4,9-12H2,1-3H3,(H,23,24)/t13-,15-,18-,19-,21?/m1/s1. The molecule has 1 aromatic rings. The highest BCUT2D eigenvalue weighted by Crippen LogP contribution is 2.70. The monoisotopic (exact) mass is 345 g/mol. The van der Waals surface area contributed by atoms with Crippen LogP contribution in [0.3, 0.4) is 0 Å². The summed E-state index contributed by atoms with van der Waals surface area (Å²) in [6, 6.07) is 7.14. The van der Waals surface area contributed by atoms with Gasteiger partial charge in [-0.1, -0.05) is 39.0 Å². The summed E-state index contributed by atoms with van der Waals surface area (Å²) in [5.74, 6) is 0.766. The first kappa shape index (κ1) is 17.0. The Morgan fingerprint density at radius 3 is 2.84 bits per heavy atom. The lowest BCUT2D eigenvalue weighted by Gasteiger charge is -2.53. The SMILES string of the molecule is CCC(=O)N[C@@H]1C(C)(C)[C@@H]2C[C@@H]3[C@@H](c4ccccc4F)OCCC31C2. The van der Waals surface area contributed by atoms with Crippen LogP contribution >= 0.6 is 0 Å². The van der Waals surface area contributed by atoms with Crippen molar-refractivity contribution in [2.24, 2.45) is 22.7 Å². The van der Waals surface area contributed by atoms with Crippen molar-refractivity contribution in [3.8, 4) is 0 Å². The van der Waals surface area contributed by atoms with Gasteiger partial charge in [-0.3, -0.25) is 4.79 Å². The van der Waals surface area contributed by atoms with E-state index in [2.05, 4.69) is 19.2 Å². The van der Waals surface area contributed by atoms with Crippen molar-refractivity contribution in [1.82, 2.24) is 5.32 Å². The highest BCUT2D eigenvalue weighted by Gasteiger charge is 2.68. The molecule has 0 aromatic heterocycles. The van der Waals surface area contributed by atoms with Gasteiger partial charge in [-0.25, -0.2) is 4.39 Å². The summed E-state index contributed by atoms with van der Waals surface area (Å²) in [6.45, 7) is 7.11. The van der Waals surface area contributed by atoms with Crippen LogP contribution in [0.15, 0.2) is 24.3 Å². The predicted molar refractivity (Wildman–Crippen MR) is 94.4 cm³/mol. The molecule has 4 rings (SSSR count). The van der Waals surface area contributed by atoms with Crippen molar-refractivity contribution in [3.63, 3.8) is 0 Å². The van der Waals surface area contributed by atoms with E-state index in [0.29, 0.717) is 24.5 Å². The molecule has 3 aliphatic rings. The van der Waals surface area contributed by atoms with Crippen molar-refractivity contribution >= 4 is 5.91 Å². The highest BCUT2D eigenvalue weighted by molar-refractivity contribution is 5.76. The fourth-order valence-corrected chi connectivity index (χ4v) is 6.06. The van der Waals surface area contributed by atoms with Crippen LogP contribution in [0.25, 0.3) is 0 Å². The van der Waals surface area contributed by atoms with E-state index in [1.807, 2.05) is 19.1 Å². The van der Waals surface area contributed by atoms with Gasteiger partial charge in [-0.2, -0.15) is 0 Å². The van der Waals surface area contributed by atoms with Crippen LogP contribution in [0.1, 0.15) is 58.1 Å². The molecule has 25 heavy (non-hydrogen) atoms. The Hall–Kier alpha value is -1.42. The summed E-state index contributed by atoms with van der Waals surface area (Å²) in [4.78, 5) is 12.2. The Balaban J connectivity index is 1.72. The number of ether oxygens (including phenoxy) is 1. The second-order valence-corrected chi connectivity index (χ2v) is 8.71. The number of amides is 1. The summed E-state index contributed by atoms with van der Waals surface area (Å²) >= 11 is 0.